The van der Waals surface area contributed by atoms with E-state index in [-0.39, 0.29) is 6.42 Å². The summed E-state index contributed by atoms with van der Waals surface area (Å²) in [6.07, 6.45) is 0.827. The maximum absolute atomic E-state index is 12.8. The molecule has 2 atom stereocenters. The fourth-order valence-corrected chi connectivity index (χ4v) is 3.13. The van der Waals surface area contributed by atoms with E-state index in [9.17, 15) is 13.2 Å². The molecule has 2 nitrogen and oxygen atoms in total. The van der Waals surface area contributed by atoms with Crippen LogP contribution in [-0.4, -0.2) is 23.7 Å². The highest BCUT2D eigenvalue weighted by Gasteiger charge is 2.45. The second-order valence-corrected chi connectivity index (χ2v) is 5.65. The Kier molecular flexibility index (Phi) is 4.61. The molecule has 1 aromatic rings. The van der Waals surface area contributed by atoms with Crippen molar-refractivity contribution in [2.45, 2.75) is 44.3 Å². The Hall–Kier alpha value is -0.620. The van der Waals surface area contributed by atoms with Gasteiger partial charge in [0.25, 0.3) is 0 Å². The number of nitrogens with one attached hydrogen (secondary N) is 1. The molecule has 0 aliphatic heterocycles. The van der Waals surface area contributed by atoms with Crippen molar-refractivity contribution >= 4 is 11.3 Å². The minimum Gasteiger partial charge on any atom is -0.313 e. The number of nitrogens with zero attached hydrogens (tertiary/aromatic N) is 1. The minimum atomic E-state index is -4.07. The predicted octanol–water partition coefficient (Wildman–Crippen LogP) is 3.40. The quantitative estimate of drug-likeness (QED) is 0.913. The third-order valence-electron chi connectivity index (χ3n) is 3.42. The Labute approximate surface area is 109 Å². The first-order valence-electron chi connectivity index (χ1n) is 6.26. The van der Waals surface area contributed by atoms with Crippen LogP contribution in [0.25, 0.3) is 0 Å². The van der Waals surface area contributed by atoms with Crippen molar-refractivity contribution < 1.29 is 13.2 Å². The zero-order valence-corrected chi connectivity index (χ0v) is 10.9. The lowest BCUT2D eigenvalue weighted by Crippen LogP contribution is -2.46. The van der Waals surface area contributed by atoms with E-state index in [1.807, 2.05) is 5.38 Å². The molecule has 1 saturated carbocycles. The molecular formula is C12H17F3N2S. The van der Waals surface area contributed by atoms with E-state index >= 15 is 0 Å². The van der Waals surface area contributed by atoms with Crippen molar-refractivity contribution in [1.82, 2.24) is 10.3 Å². The van der Waals surface area contributed by atoms with Crippen LogP contribution in [0, 0.1) is 5.92 Å². The summed E-state index contributed by atoms with van der Waals surface area (Å²) in [5.74, 6) is -1.18. The van der Waals surface area contributed by atoms with E-state index in [0.717, 1.165) is 11.4 Å². The van der Waals surface area contributed by atoms with Crippen molar-refractivity contribution in [3.63, 3.8) is 0 Å². The van der Waals surface area contributed by atoms with Gasteiger partial charge in [-0.3, -0.25) is 0 Å². The lowest BCUT2D eigenvalue weighted by molar-refractivity contribution is -0.188. The molecule has 1 aliphatic rings. The smallest absolute Gasteiger partial charge is 0.313 e. The second kappa shape index (κ2) is 6.02. The fraction of sp³-hybridized carbons (Fsp3) is 0.750. The summed E-state index contributed by atoms with van der Waals surface area (Å²) < 4.78 is 38.5. The highest BCUT2D eigenvalue weighted by molar-refractivity contribution is 7.09. The van der Waals surface area contributed by atoms with Gasteiger partial charge in [-0.25, -0.2) is 4.98 Å². The Morgan fingerprint density at radius 1 is 1.33 bits per heavy atom. The molecule has 1 fully saturated rings. The Morgan fingerprint density at radius 3 is 2.78 bits per heavy atom. The third kappa shape index (κ3) is 3.68. The average Bonchev–Trinajstić information content (AvgIpc) is 2.81. The van der Waals surface area contributed by atoms with Crippen molar-refractivity contribution in [3.05, 3.63) is 16.6 Å². The Morgan fingerprint density at radius 2 is 2.11 bits per heavy atom. The van der Waals surface area contributed by atoms with Gasteiger partial charge in [-0.15, -0.1) is 11.3 Å². The topological polar surface area (TPSA) is 24.9 Å². The van der Waals surface area contributed by atoms with Crippen LogP contribution >= 0.6 is 11.3 Å². The first-order valence-corrected chi connectivity index (χ1v) is 7.14. The Balaban J connectivity index is 1.82. The number of thiazole rings is 1. The molecule has 0 aromatic carbocycles. The number of hydrogen-bond acceptors (Lipinski definition) is 3. The number of alkyl halides is 3. The average molecular weight is 278 g/mol. The molecule has 1 aliphatic carbocycles. The van der Waals surface area contributed by atoms with Crippen molar-refractivity contribution in [1.29, 1.82) is 0 Å². The number of halogens is 3. The third-order valence-corrected chi connectivity index (χ3v) is 4.25. The number of rotatable bonds is 4. The lowest BCUT2D eigenvalue weighted by Gasteiger charge is -2.33. The van der Waals surface area contributed by atoms with Crippen LogP contribution in [-0.2, 0) is 6.42 Å². The highest BCUT2D eigenvalue weighted by Crippen LogP contribution is 2.37. The monoisotopic (exact) mass is 278 g/mol. The van der Waals surface area contributed by atoms with Gasteiger partial charge in [0, 0.05) is 30.6 Å². The van der Waals surface area contributed by atoms with Crippen molar-refractivity contribution in [3.8, 4) is 0 Å². The maximum atomic E-state index is 12.8. The van der Waals surface area contributed by atoms with Crippen LogP contribution in [0.5, 0.6) is 0 Å². The zero-order valence-electron chi connectivity index (χ0n) is 10.0. The summed E-state index contributed by atoms with van der Waals surface area (Å²) in [5, 5.41) is 5.92. The summed E-state index contributed by atoms with van der Waals surface area (Å²) in [4.78, 5) is 4.12. The van der Waals surface area contributed by atoms with Crippen LogP contribution in [0.1, 0.15) is 30.7 Å². The summed E-state index contributed by atoms with van der Waals surface area (Å²) in [6.45, 7) is 0.574. The number of aromatic nitrogens is 1. The molecule has 1 aromatic heterocycles. The molecule has 18 heavy (non-hydrogen) atoms. The highest BCUT2D eigenvalue weighted by atomic mass is 32.1. The van der Waals surface area contributed by atoms with Gasteiger partial charge in [0.2, 0.25) is 0 Å². The first kappa shape index (κ1) is 13.8. The molecule has 0 radical (unpaired) electrons. The molecule has 0 spiro atoms. The molecule has 6 heteroatoms. The molecule has 102 valence electrons. The normalized spacial score (nSPS) is 25.3. The lowest BCUT2D eigenvalue weighted by atomic mass is 9.84. The fourth-order valence-electron chi connectivity index (χ4n) is 2.51. The first-order chi connectivity index (χ1) is 8.57. The molecular weight excluding hydrogens is 261 g/mol. The zero-order chi connectivity index (χ0) is 13.0. The van der Waals surface area contributed by atoms with Gasteiger partial charge >= 0.3 is 6.18 Å². The SMILES string of the molecule is FC(F)(F)C1CCCCC1NCCc1nccs1. The summed E-state index contributed by atoms with van der Waals surface area (Å²) >= 11 is 1.54. The van der Waals surface area contributed by atoms with Gasteiger partial charge in [-0.1, -0.05) is 12.8 Å². The van der Waals surface area contributed by atoms with E-state index in [2.05, 4.69) is 10.3 Å². The van der Waals surface area contributed by atoms with Crippen LogP contribution < -0.4 is 5.32 Å². The van der Waals surface area contributed by atoms with E-state index in [1.165, 1.54) is 0 Å². The number of hydrogen-bond donors (Lipinski definition) is 1. The molecule has 0 amide bonds. The van der Waals surface area contributed by atoms with Crippen LogP contribution in [0.4, 0.5) is 13.2 Å². The van der Waals surface area contributed by atoms with Crippen molar-refractivity contribution in [2.24, 2.45) is 5.92 Å². The van der Waals surface area contributed by atoms with Gasteiger partial charge in [0.15, 0.2) is 0 Å². The molecule has 2 rings (SSSR count). The van der Waals surface area contributed by atoms with Crippen molar-refractivity contribution in [2.75, 3.05) is 6.54 Å². The summed E-state index contributed by atoms with van der Waals surface area (Å²) in [5.41, 5.74) is 0. The van der Waals surface area contributed by atoms with E-state index in [0.29, 0.717) is 25.8 Å². The van der Waals surface area contributed by atoms with Crippen LogP contribution in [0.15, 0.2) is 11.6 Å². The predicted molar refractivity (Wildman–Crippen MR) is 65.6 cm³/mol. The molecule has 1 N–H and O–H groups in total. The van der Waals surface area contributed by atoms with Crippen LogP contribution in [0.2, 0.25) is 0 Å². The largest absolute Gasteiger partial charge is 0.393 e. The van der Waals surface area contributed by atoms with E-state index in [4.69, 9.17) is 0 Å². The van der Waals surface area contributed by atoms with Gasteiger partial charge in [-0.05, 0) is 12.8 Å². The molecule has 1 heterocycles. The standard InChI is InChI=1S/C12H17F3N2S/c13-12(14,15)9-3-1-2-4-10(9)16-6-5-11-17-7-8-18-11/h7-10,16H,1-6H2. The van der Waals surface area contributed by atoms with Gasteiger partial charge in [-0.2, -0.15) is 13.2 Å². The van der Waals surface area contributed by atoms with E-state index < -0.39 is 18.1 Å². The van der Waals surface area contributed by atoms with E-state index in [1.54, 1.807) is 17.5 Å². The molecule has 2 unspecified atom stereocenters. The minimum absolute atomic E-state index is 0.262. The second-order valence-electron chi connectivity index (χ2n) is 4.67. The summed E-state index contributed by atoms with van der Waals surface area (Å²) in [7, 11) is 0. The molecule has 0 saturated heterocycles. The van der Waals surface area contributed by atoms with Crippen LogP contribution in [0.3, 0.4) is 0 Å². The Bertz CT molecular complexity index is 351. The van der Waals surface area contributed by atoms with Gasteiger partial charge < -0.3 is 5.32 Å². The van der Waals surface area contributed by atoms with Gasteiger partial charge in [0.05, 0.1) is 10.9 Å². The molecule has 0 bridgehead atoms. The maximum Gasteiger partial charge on any atom is 0.393 e. The van der Waals surface area contributed by atoms with Gasteiger partial charge in [0.1, 0.15) is 0 Å². The summed E-state index contributed by atoms with van der Waals surface area (Å²) in [6, 6.07) is -0.418.